The summed E-state index contributed by atoms with van der Waals surface area (Å²) in [6.07, 6.45) is 6.22. The van der Waals surface area contributed by atoms with Crippen LogP contribution in [-0.4, -0.2) is 34.6 Å². The zero-order chi connectivity index (χ0) is 16.7. The van der Waals surface area contributed by atoms with Crippen LogP contribution in [0.3, 0.4) is 0 Å². The highest BCUT2D eigenvalue weighted by molar-refractivity contribution is 5.94. The molecule has 1 N–H and O–H groups in total. The second-order valence-corrected chi connectivity index (χ2v) is 6.93. The third-order valence-electron chi connectivity index (χ3n) is 5.28. The third kappa shape index (κ3) is 2.57. The minimum Gasteiger partial charge on any atom is -0.357 e. The summed E-state index contributed by atoms with van der Waals surface area (Å²) < 4.78 is 1.66. The van der Waals surface area contributed by atoms with Crippen molar-refractivity contribution in [1.29, 1.82) is 0 Å². The number of pyridine rings is 1. The van der Waals surface area contributed by atoms with Gasteiger partial charge in [0, 0.05) is 30.4 Å². The number of fused-ring (bicyclic) bond motifs is 1. The summed E-state index contributed by atoms with van der Waals surface area (Å²) in [7, 11) is 4.01. The van der Waals surface area contributed by atoms with Gasteiger partial charge in [-0.25, -0.2) is 0 Å². The Kier molecular flexibility index (Phi) is 3.77. The highest BCUT2D eigenvalue weighted by Crippen LogP contribution is 2.32. The van der Waals surface area contributed by atoms with E-state index in [1.165, 1.54) is 24.0 Å². The number of likely N-dealkylation sites (tertiary alicyclic amines) is 1. The van der Waals surface area contributed by atoms with E-state index in [9.17, 15) is 4.79 Å². The van der Waals surface area contributed by atoms with E-state index in [2.05, 4.69) is 41.2 Å². The first-order valence-corrected chi connectivity index (χ1v) is 8.59. The van der Waals surface area contributed by atoms with Crippen molar-refractivity contribution < 1.29 is 0 Å². The van der Waals surface area contributed by atoms with Crippen molar-refractivity contribution in [3.63, 3.8) is 0 Å². The van der Waals surface area contributed by atoms with Gasteiger partial charge in [-0.1, -0.05) is 24.3 Å². The van der Waals surface area contributed by atoms with Crippen LogP contribution in [0.15, 0.2) is 47.5 Å². The Morgan fingerprint density at radius 2 is 1.92 bits per heavy atom. The number of benzene rings is 1. The lowest BCUT2D eigenvalue weighted by molar-refractivity contribution is 0.255. The first-order chi connectivity index (χ1) is 11.6. The maximum atomic E-state index is 12.2. The molecule has 1 aliphatic rings. The monoisotopic (exact) mass is 321 g/mol. The van der Waals surface area contributed by atoms with Crippen molar-refractivity contribution in [3.8, 4) is 11.1 Å². The van der Waals surface area contributed by atoms with E-state index < -0.39 is 0 Å². The molecule has 24 heavy (non-hydrogen) atoms. The number of nitrogens with one attached hydrogen (secondary N) is 1. The van der Waals surface area contributed by atoms with Crippen molar-refractivity contribution >= 4 is 10.9 Å². The molecular weight excluding hydrogens is 298 g/mol. The van der Waals surface area contributed by atoms with Crippen LogP contribution in [0.25, 0.3) is 22.0 Å². The zero-order valence-corrected chi connectivity index (χ0v) is 14.2. The lowest BCUT2D eigenvalue weighted by Crippen LogP contribution is -2.29. The van der Waals surface area contributed by atoms with Gasteiger partial charge < -0.3 is 14.5 Å². The summed E-state index contributed by atoms with van der Waals surface area (Å²) >= 11 is 0. The molecule has 124 valence electrons. The molecule has 0 unspecified atom stereocenters. The molecule has 4 nitrogen and oxygen atoms in total. The fraction of sp³-hybridized carbons (Fsp3) is 0.350. The quantitative estimate of drug-likeness (QED) is 0.786. The van der Waals surface area contributed by atoms with Crippen LogP contribution in [0.5, 0.6) is 0 Å². The zero-order valence-electron chi connectivity index (χ0n) is 14.2. The summed E-state index contributed by atoms with van der Waals surface area (Å²) in [5, 5.41) is 0.999. The van der Waals surface area contributed by atoms with Gasteiger partial charge in [0.15, 0.2) is 0 Å². The molecule has 1 saturated heterocycles. The predicted molar refractivity (Wildman–Crippen MR) is 98.4 cm³/mol. The van der Waals surface area contributed by atoms with E-state index in [0.717, 1.165) is 24.0 Å². The van der Waals surface area contributed by atoms with Crippen molar-refractivity contribution in [1.82, 2.24) is 14.5 Å². The van der Waals surface area contributed by atoms with E-state index in [0.29, 0.717) is 11.4 Å². The van der Waals surface area contributed by atoms with Crippen molar-refractivity contribution in [3.05, 3.63) is 58.6 Å². The molecule has 1 fully saturated rings. The summed E-state index contributed by atoms with van der Waals surface area (Å²) in [4.78, 5) is 17.7. The van der Waals surface area contributed by atoms with Crippen molar-refractivity contribution in [2.24, 2.45) is 7.05 Å². The molecule has 0 aliphatic carbocycles. The molecule has 0 amide bonds. The lowest BCUT2D eigenvalue weighted by atomic mass is 9.88. The molecule has 3 aromatic rings. The first kappa shape index (κ1) is 15.2. The van der Waals surface area contributed by atoms with Crippen LogP contribution in [0.2, 0.25) is 0 Å². The smallest absolute Gasteiger partial charge is 0.274 e. The van der Waals surface area contributed by atoms with Crippen LogP contribution in [0, 0.1) is 0 Å². The van der Waals surface area contributed by atoms with Crippen LogP contribution in [-0.2, 0) is 7.05 Å². The summed E-state index contributed by atoms with van der Waals surface area (Å²) in [5.41, 5.74) is 4.41. The Bertz CT molecular complexity index is 929. The summed E-state index contributed by atoms with van der Waals surface area (Å²) in [6.45, 7) is 2.33. The number of hydrogen-bond acceptors (Lipinski definition) is 2. The molecule has 0 radical (unpaired) electrons. The average molecular weight is 321 g/mol. The molecule has 3 heterocycles. The Hall–Kier alpha value is -2.33. The molecule has 2 aromatic heterocycles. The Balaban J connectivity index is 1.78. The third-order valence-corrected chi connectivity index (χ3v) is 5.28. The van der Waals surface area contributed by atoms with Gasteiger partial charge in [0.1, 0.15) is 5.52 Å². The van der Waals surface area contributed by atoms with Crippen molar-refractivity contribution in [2.75, 3.05) is 20.1 Å². The molecule has 4 rings (SSSR count). The average Bonchev–Trinajstić information content (AvgIpc) is 3.09. The molecule has 1 aliphatic heterocycles. The predicted octanol–water partition coefficient (Wildman–Crippen LogP) is 3.34. The maximum Gasteiger partial charge on any atom is 0.274 e. The molecule has 0 spiro atoms. The topological polar surface area (TPSA) is 41.0 Å². The first-order valence-electron chi connectivity index (χ1n) is 8.59. The molecule has 0 bridgehead atoms. The van der Waals surface area contributed by atoms with E-state index in [1.54, 1.807) is 4.57 Å². The van der Waals surface area contributed by atoms with E-state index >= 15 is 0 Å². The summed E-state index contributed by atoms with van der Waals surface area (Å²) in [6, 6.07) is 10.8. The van der Waals surface area contributed by atoms with Gasteiger partial charge in [-0.3, -0.25) is 4.79 Å². The molecular formula is C20H23N3O. The van der Waals surface area contributed by atoms with Crippen LogP contribution in [0.4, 0.5) is 0 Å². The number of aryl methyl sites for hydroxylation is 1. The van der Waals surface area contributed by atoms with E-state index in [1.807, 2.05) is 25.5 Å². The molecule has 0 atom stereocenters. The number of aromatic nitrogens is 2. The van der Waals surface area contributed by atoms with E-state index in [-0.39, 0.29) is 5.56 Å². The van der Waals surface area contributed by atoms with Gasteiger partial charge in [-0.05, 0) is 56.1 Å². The van der Waals surface area contributed by atoms with Gasteiger partial charge >= 0.3 is 0 Å². The fourth-order valence-corrected chi connectivity index (χ4v) is 3.80. The molecule has 1 aromatic carbocycles. The van der Waals surface area contributed by atoms with Gasteiger partial charge in [0.25, 0.3) is 5.56 Å². The normalized spacial score (nSPS) is 16.8. The Labute approximate surface area is 141 Å². The fourth-order valence-electron chi connectivity index (χ4n) is 3.80. The number of piperidine rings is 1. The highest BCUT2D eigenvalue weighted by atomic mass is 16.1. The summed E-state index contributed by atoms with van der Waals surface area (Å²) in [5.74, 6) is 0.635. The standard InChI is InChI=1S/C20H23N3O/c1-22-10-7-14(8-11-22)15-4-3-5-16(12-15)18-13-23(2)20(24)19-17(18)6-9-21-19/h3-6,9,12-14,21H,7-8,10-11H2,1-2H3. The number of nitrogens with zero attached hydrogens (tertiary/aromatic N) is 2. The number of hydrogen-bond donors (Lipinski definition) is 1. The SMILES string of the molecule is CN1CCC(c2cccc(-c3cn(C)c(=O)c4[nH]ccc34)c2)CC1. The minimum atomic E-state index is 0.0187. The molecule has 4 heteroatoms. The number of aromatic amines is 1. The van der Waals surface area contributed by atoms with Crippen molar-refractivity contribution in [2.45, 2.75) is 18.8 Å². The number of H-pyrrole nitrogens is 1. The molecule has 0 saturated carbocycles. The maximum absolute atomic E-state index is 12.2. The Morgan fingerprint density at radius 1 is 1.12 bits per heavy atom. The van der Waals surface area contributed by atoms with Gasteiger partial charge in [-0.2, -0.15) is 0 Å². The van der Waals surface area contributed by atoms with Gasteiger partial charge in [0.2, 0.25) is 0 Å². The van der Waals surface area contributed by atoms with Gasteiger partial charge in [0.05, 0.1) is 0 Å². The van der Waals surface area contributed by atoms with Crippen LogP contribution < -0.4 is 5.56 Å². The van der Waals surface area contributed by atoms with Crippen LogP contribution >= 0.6 is 0 Å². The second-order valence-electron chi connectivity index (χ2n) is 6.93. The number of rotatable bonds is 2. The van der Waals surface area contributed by atoms with Crippen LogP contribution in [0.1, 0.15) is 24.3 Å². The largest absolute Gasteiger partial charge is 0.357 e. The minimum absolute atomic E-state index is 0.0187. The second kappa shape index (κ2) is 5.95. The highest BCUT2D eigenvalue weighted by Gasteiger charge is 2.19. The Morgan fingerprint density at radius 3 is 2.71 bits per heavy atom. The van der Waals surface area contributed by atoms with Gasteiger partial charge in [-0.15, -0.1) is 0 Å². The van der Waals surface area contributed by atoms with E-state index in [4.69, 9.17) is 0 Å². The lowest BCUT2D eigenvalue weighted by Gasteiger charge is -2.29.